The SMILES string of the molecule is CCOC(=O)c1c(C)n(-c2ccccc2)c2ccc(OC(=O)c3ccccc3NC(=O)c3ccccc3)cc12. The Hall–Kier alpha value is -5.17. The van der Waals surface area contributed by atoms with E-state index in [0.29, 0.717) is 27.9 Å². The number of benzene rings is 4. The van der Waals surface area contributed by atoms with Gasteiger partial charge in [-0.2, -0.15) is 0 Å². The van der Waals surface area contributed by atoms with Crippen LogP contribution in [0.5, 0.6) is 5.75 Å². The van der Waals surface area contributed by atoms with Crippen LogP contribution in [0.4, 0.5) is 5.69 Å². The monoisotopic (exact) mass is 518 g/mol. The van der Waals surface area contributed by atoms with Gasteiger partial charge in [0, 0.05) is 22.3 Å². The largest absolute Gasteiger partial charge is 0.462 e. The summed E-state index contributed by atoms with van der Waals surface area (Å²) in [4.78, 5) is 38.9. The van der Waals surface area contributed by atoms with Crippen LogP contribution < -0.4 is 10.1 Å². The van der Waals surface area contributed by atoms with E-state index in [9.17, 15) is 14.4 Å². The third-order valence-corrected chi connectivity index (χ3v) is 6.31. The van der Waals surface area contributed by atoms with Crippen molar-refractivity contribution in [2.75, 3.05) is 11.9 Å². The van der Waals surface area contributed by atoms with Gasteiger partial charge < -0.3 is 19.4 Å². The third kappa shape index (κ3) is 5.15. The molecule has 0 saturated heterocycles. The lowest BCUT2D eigenvalue weighted by Crippen LogP contribution is -2.17. The fourth-order valence-electron chi connectivity index (χ4n) is 4.55. The molecular formula is C32H26N2O5. The van der Waals surface area contributed by atoms with Gasteiger partial charge >= 0.3 is 11.9 Å². The summed E-state index contributed by atoms with van der Waals surface area (Å²) in [5.74, 6) is -1.18. The zero-order chi connectivity index (χ0) is 27.4. The van der Waals surface area contributed by atoms with Crippen LogP contribution in [0.2, 0.25) is 0 Å². The molecule has 0 atom stereocenters. The highest BCUT2D eigenvalue weighted by molar-refractivity contribution is 6.09. The Kier molecular flexibility index (Phi) is 7.23. The summed E-state index contributed by atoms with van der Waals surface area (Å²) in [5.41, 5.74) is 3.79. The van der Waals surface area contributed by atoms with E-state index in [1.807, 2.05) is 54.0 Å². The van der Waals surface area contributed by atoms with Gasteiger partial charge in [0.15, 0.2) is 0 Å². The number of rotatable bonds is 7. The molecule has 0 saturated carbocycles. The molecule has 39 heavy (non-hydrogen) atoms. The van der Waals surface area contributed by atoms with E-state index in [2.05, 4.69) is 5.32 Å². The molecule has 5 rings (SSSR count). The van der Waals surface area contributed by atoms with Crippen molar-refractivity contribution in [3.8, 4) is 11.4 Å². The molecule has 0 aliphatic rings. The van der Waals surface area contributed by atoms with Crippen molar-refractivity contribution in [3.05, 3.63) is 126 Å². The summed E-state index contributed by atoms with van der Waals surface area (Å²) in [7, 11) is 0. The smallest absolute Gasteiger partial charge is 0.345 e. The van der Waals surface area contributed by atoms with Gasteiger partial charge in [-0.3, -0.25) is 4.79 Å². The van der Waals surface area contributed by atoms with Crippen molar-refractivity contribution in [1.82, 2.24) is 4.57 Å². The lowest BCUT2D eigenvalue weighted by Gasteiger charge is -2.11. The number of amides is 1. The van der Waals surface area contributed by atoms with Crippen molar-refractivity contribution in [1.29, 1.82) is 0 Å². The Morgan fingerprint density at radius 1 is 0.795 bits per heavy atom. The van der Waals surface area contributed by atoms with Gasteiger partial charge in [-0.1, -0.05) is 48.5 Å². The van der Waals surface area contributed by atoms with Crippen molar-refractivity contribution in [3.63, 3.8) is 0 Å². The highest BCUT2D eigenvalue weighted by atomic mass is 16.5. The first-order chi connectivity index (χ1) is 19.0. The predicted molar refractivity (Wildman–Crippen MR) is 150 cm³/mol. The number of hydrogen-bond donors (Lipinski definition) is 1. The van der Waals surface area contributed by atoms with Crippen molar-refractivity contribution >= 4 is 34.4 Å². The second-order valence-corrected chi connectivity index (χ2v) is 8.79. The molecule has 0 aliphatic heterocycles. The summed E-state index contributed by atoms with van der Waals surface area (Å²) in [6.45, 7) is 3.85. The van der Waals surface area contributed by atoms with Gasteiger partial charge in [0.1, 0.15) is 5.75 Å². The Morgan fingerprint density at radius 2 is 1.46 bits per heavy atom. The lowest BCUT2D eigenvalue weighted by molar-refractivity contribution is 0.0527. The number of ether oxygens (including phenoxy) is 2. The standard InChI is InChI=1S/C32H26N2O5/c1-3-38-32(37)29-21(2)34(23-14-8-5-9-15-23)28-19-18-24(20-26(28)29)39-31(36)25-16-10-11-17-27(25)33-30(35)22-12-6-4-7-13-22/h4-20H,3H2,1-2H3,(H,33,35). The number of para-hydroxylation sites is 2. The van der Waals surface area contributed by atoms with E-state index in [4.69, 9.17) is 9.47 Å². The normalized spacial score (nSPS) is 10.7. The number of aromatic nitrogens is 1. The minimum Gasteiger partial charge on any atom is -0.462 e. The van der Waals surface area contributed by atoms with Gasteiger partial charge in [0.2, 0.25) is 0 Å². The number of carbonyl (C=O) groups excluding carboxylic acids is 3. The number of carbonyl (C=O) groups is 3. The summed E-state index contributed by atoms with van der Waals surface area (Å²) >= 11 is 0. The first-order valence-corrected chi connectivity index (χ1v) is 12.5. The summed E-state index contributed by atoms with van der Waals surface area (Å²) in [5, 5.41) is 3.39. The molecule has 1 heterocycles. The van der Waals surface area contributed by atoms with E-state index in [1.165, 1.54) is 0 Å². The van der Waals surface area contributed by atoms with Crippen LogP contribution in [-0.2, 0) is 4.74 Å². The summed E-state index contributed by atoms with van der Waals surface area (Å²) in [6, 6.07) is 30.2. The highest BCUT2D eigenvalue weighted by Crippen LogP contribution is 2.33. The fraction of sp³-hybridized carbons (Fsp3) is 0.0938. The third-order valence-electron chi connectivity index (χ3n) is 6.31. The fourth-order valence-corrected chi connectivity index (χ4v) is 4.55. The average molecular weight is 519 g/mol. The van der Waals surface area contributed by atoms with Gasteiger partial charge in [-0.05, 0) is 68.4 Å². The molecule has 5 aromatic rings. The number of fused-ring (bicyclic) bond motifs is 1. The first-order valence-electron chi connectivity index (χ1n) is 12.5. The minimum atomic E-state index is -0.643. The second kappa shape index (κ2) is 11.1. The summed E-state index contributed by atoms with van der Waals surface area (Å²) < 4.78 is 13.1. The molecule has 1 amide bonds. The lowest BCUT2D eigenvalue weighted by atomic mass is 10.1. The van der Waals surface area contributed by atoms with E-state index in [-0.39, 0.29) is 23.8 Å². The van der Waals surface area contributed by atoms with Gasteiger partial charge in [0.05, 0.1) is 28.9 Å². The maximum Gasteiger partial charge on any atom is 0.345 e. The summed E-state index contributed by atoms with van der Waals surface area (Å²) in [6.07, 6.45) is 0. The molecule has 4 aromatic carbocycles. The minimum absolute atomic E-state index is 0.200. The number of hydrogen-bond acceptors (Lipinski definition) is 5. The molecule has 0 fully saturated rings. The zero-order valence-electron chi connectivity index (χ0n) is 21.5. The van der Waals surface area contributed by atoms with Crippen LogP contribution >= 0.6 is 0 Å². The molecule has 0 spiro atoms. The molecule has 0 radical (unpaired) electrons. The van der Waals surface area contributed by atoms with Crippen LogP contribution in [0, 0.1) is 6.92 Å². The second-order valence-electron chi connectivity index (χ2n) is 8.79. The molecule has 7 heteroatoms. The van der Waals surface area contributed by atoms with E-state index >= 15 is 0 Å². The molecule has 194 valence electrons. The van der Waals surface area contributed by atoms with E-state index in [0.717, 1.165) is 11.2 Å². The molecule has 7 nitrogen and oxygen atoms in total. The van der Waals surface area contributed by atoms with Crippen molar-refractivity contribution in [2.45, 2.75) is 13.8 Å². The van der Waals surface area contributed by atoms with Crippen LogP contribution in [0.15, 0.2) is 103 Å². The van der Waals surface area contributed by atoms with Gasteiger partial charge in [-0.25, -0.2) is 9.59 Å². The quantitative estimate of drug-likeness (QED) is 0.194. The number of anilines is 1. The molecule has 0 aliphatic carbocycles. The molecule has 0 unspecified atom stereocenters. The Labute approximate surface area is 225 Å². The highest BCUT2D eigenvalue weighted by Gasteiger charge is 2.23. The van der Waals surface area contributed by atoms with Crippen molar-refractivity contribution in [2.24, 2.45) is 0 Å². The molecule has 1 aromatic heterocycles. The molecular weight excluding hydrogens is 492 g/mol. The van der Waals surface area contributed by atoms with Crippen LogP contribution in [0.25, 0.3) is 16.6 Å². The topological polar surface area (TPSA) is 86.6 Å². The maximum atomic E-state index is 13.2. The molecule has 1 N–H and O–H groups in total. The average Bonchev–Trinajstić information content (AvgIpc) is 3.25. The van der Waals surface area contributed by atoms with Gasteiger partial charge in [0.25, 0.3) is 5.91 Å². The Morgan fingerprint density at radius 3 is 2.18 bits per heavy atom. The van der Waals surface area contributed by atoms with Crippen LogP contribution in [0.1, 0.15) is 43.7 Å². The Bertz CT molecular complexity index is 1670. The van der Waals surface area contributed by atoms with Crippen LogP contribution in [0.3, 0.4) is 0 Å². The van der Waals surface area contributed by atoms with Crippen molar-refractivity contribution < 1.29 is 23.9 Å². The Balaban J connectivity index is 1.49. The number of esters is 2. The first kappa shape index (κ1) is 25.5. The number of nitrogens with zero attached hydrogens (tertiary/aromatic N) is 1. The predicted octanol–water partition coefficient (Wildman–Crippen LogP) is 6.59. The molecule has 0 bridgehead atoms. The van der Waals surface area contributed by atoms with E-state index < -0.39 is 11.9 Å². The zero-order valence-corrected chi connectivity index (χ0v) is 21.5. The van der Waals surface area contributed by atoms with E-state index in [1.54, 1.807) is 67.6 Å². The number of nitrogens with one attached hydrogen (secondary N) is 1. The van der Waals surface area contributed by atoms with Gasteiger partial charge in [-0.15, -0.1) is 0 Å². The van der Waals surface area contributed by atoms with Crippen LogP contribution in [-0.4, -0.2) is 29.0 Å². The maximum absolute atomic E-state index is 13.2.